The third-order valence-corrected chi connectivity index (χ3v) is 4.32. The Morgan fingerprint density at radius 1 is 1.10 bits per heavy atom. The summed E-state index contributed by atoms with van der Waals surface area (Å²) in [5, 5.41) is 18.2. The molecule has 0 spiro atoms. The van der Waals surface area contributed by atoms with E-state index >= 15 is 0 Å². The second-order valence-corrected chi connectivity index (χ2v) is 6.34. The molecule has 0 saturated heterocycles. The molecule has 0 unspecified atom stereocenters. The van der Waals surface area contributed by atoms with Gasteiger partial charge in [0.1, 0.15) is 11.5 Å². The summed E-state index contributed by atoms with van der Waals surface area (Å²) in [6, 6.07) is 16.7. The molecule has 7 heteroatoms. The molecule has 3 rings (SSSR count). The third-order valence-electron chi connectivity index (χ3n) is 4.32. The minimum atomic E-state index is -0.434. The SMILES string of the molecule is Cc1onc(-c2ccccc2)c1-c1ccc(C(=O)NC(=C=O)NCCCO)cc1. The average Bonchev–Trinajstić information content (AvgIpc) is 3.15. The first kappa shape index (κ1) is 20.1. The number of aryl methyl sites for hydroxylation is 1. The van der Waals surface area contributed by atoms with Crippen LogP contribution in [0.2, 0.25) is 0 Å². The third kappa shape index (κ3) is 4.79. The lowest BCUT2D eigenvalue weighted by molar-refractivity contribution is 0.0963. The molecule has 2 aromatic carbocycles. The molecule has 0 bridgehead atoms. The zero-order valence-electron chi connectivity index (χ0n) is 15.9. The van der Waals surface area contributed by atoms with Crippen molar-refractivity contribution in [3.05, 3.63) is 71.7 Å². The molecule has 0 aliphatic rings. The molecular weight excluding hydrogens is 370 g/mol. The smallest absolute Gasteiger partial charge is 0.257 e. The van der Waals surface area contributed by atoms with Crippen LogP contribution in [-0.2, 0) is 4.79 Å². The highest BCUT2D eigenvalue weighted by Gasteiger charge is 2.17. The maximum Gasteiger partial charge on any atom is 0.257 e. The summed E-state index contributed by atoms with van der Waals surface area (Å²) in [6.45, 7) is 2.19. The number of amides is 1. The summed E-state index contributed by atoms with van der Waals surface area (Å²) >= 11 is 0. The van der Waals surface area contributed by atoms with Gasteiger partial charge in [-0.2, -0.15) is 0 Å². The number of aliphatic hydroxyl groups excluding tert-OH is 1. The first-order valence-corrected chi connectivity index (χ1v) is 9.17. The lowest BCUT2D eigenvalue weighted by Gasteiger charge is -2.09. The van der Waals surface area contributed by atoms with Gasteiger partial charge in [-0.25, -0.2) is 4.79 Å². The van der Waals surface area contributed by atoms with Gasteiger partial charge in [-0.1, -0.05) is 47.6 Å². The number of nitrogens with zero attached hydrogens (tertiary/aromatic N) is 1. The molecule has 0 radical (unpaired) electrons. The molecule has 0 atom stereocenters. The predicted octanol–water partition coefficient (Wildman–Crippen LogP) is 2.69. The lowest BCUT2D eigenvalue weighted by Crippen LogP contribution is -2.32. The number of rotatable bonds is 8. The Morgan fingerprint density at radius 3 is 2.48 bits per heavy atom. The van der Waals surface area contributed by atoms with E-state index in [1.54, 1.807) is 18.1 Å². The standard InChI is InChI=1S/C22H21N3O4/c1-15-20(21(25-29-15)17-6-3-2-4-7-17)16-8-10-18(11-9-16)22(28)24-19(14-27)23-12-5-13-26/h2-4,6-11,23,26H,5,12-13H2,1H3,(H,24,28). The molecule has 1 amide bonds. The van der Waals surface area contributed by atoms with Crippen LogP contribution >= 0.6 is 0 Å². The van der Waals surface area contributed by atoms with Crippen LogP contribution in [0.3, 0.4) is 0 Å². The number of carbonyl (C=O) groups excluding carboxylic acids is 2. The van der Waals surface area contributed by atoms with Gasteiger partial charge in [-0.15, -0.1) is 0 Å². The van der Waals surface area contributed by atoms with Crippen molar-refractivity contribution in [2.45, 2.75) is 13.3 Å². The highest BCUT2D eigenvalue weighted by Crippen LogP contribution is 2.34. The normalized spacial score (nSPS) is 10.3. The molecule has 1 aromatic heterocycles. The number of hydrogen-bond acceptors (Lipinski definition) is 6. The molecule has 0 saturated carbocycles. The molecule has 0 fully saturated rings. The van der Waals surface area contributed by atoms with E-state index in [1.165, 1.54) is 0 Å². The summed E-state index contributed by atoms with van der Waals surface area (Å²) in [6.07, 6.45) is 0.456. The fourth-order valence-corrected chi connectivity index (χ4v) is 2.88. The van der Waals surface area contributed by atoms with Gasteiger partial charge in [-0.05, 0) is 31.0 Å². The predicted molar refractivity (Wildman–Crippen MR) is 108 cm³/mol. The highest BCUT2D eigenvalue weighted by molar-refractivity contribution is 5.96. The lowest BCUT2D eigenvalue weighted by atomic mass is 9.98. The van der Waals surface area contributed by atoms with E-state index in [4.69, 9.17) is 9.63 Å². The monoisotopic (exact) mass is 391 g/mol. The molecule has 148 valence electrons. The molecule has 0 aliphatic carbocycles. The van der Waals surface area contributed by atoms with Crippen LogP contribution in [0.4, 0.5) is 0 Å². The fraction of sp³-hybridized carbons (Fsp3) is 0.182. The maximum absolute atomic E-state index is 12.4. The van der Waals surface area contributed by atoms with Gasteiger partial charge in [0.2, 0.25) is 0 Å². The first-order chi connectivity index (χ1) is 14.1. The van der Waals surface area contributed by atoms with E-state index in [-0.39, 0.29) is 12.4 Å². The molecule has 0 aliphatic heterocycles. The fourth-order valence-electron chi connectivity index (χ4n) is 2.88. The minimum Gasteiger partial charge on any atom is -0.396 e. The number of nitrogens with one attached hydrogen (secondary N) is 2. The Labute approximate surface area is 168 Å². The van der Waals surface area contributed by atoms with E-state index in [9.17, 15) is 9.59 Å². The van der Waals surface area contributed by atoms with Crippen LogP contribution in [0.1, 0.15) is 22.5 Å². The van der Waals surface area contributed by atoms with Crippen molar-refractivity contribution in [1.82, 2.24) is 15.8 Å². The van der Waals surface area contributed by atoms with Gasteiger partial charge in [0.25, 0.3) is 5.91 Å². The second kappa shape index (κ2) is 9.50. The zero-order valence-corrected chi connectivity index (χ0v) is 15.9. The van der Waals surface area contributed by atoms with E-state index in [0.717, 1.165) is 22.4 Å². The summed E-state index contributed by atoms with van der Waals surface area (Å²) in [4.78, 5) is 23.3. The average molecular weight is 391 g/mol. The maximum atomic E-state index is 12.4. The largest absolute Gasteiger partial charge is 0.396 e. The van der Waals surface area contributed by atoms with E-state index in [0.29, 0.717) is 24.3 Å². The van der Waals surface area contributed by atoms with Gasteiger partial charge in [-0.3, -0.25) is 10.1 Å². The van der Waals surface area contributed by atoms with Crippen LogP contribution < -0.4 is 10.6 Å². The Balaban J connectivity index is 1.78. The first-order valence-electron chi connectivity index (χ1n) is 9.17. The highest BCUT2D eigenvalue weighted by atomic mass is 16.5. The van der Waals surface area contributed by atoms with E-state index < -0.39 is 5.91 Å². The van der Waals surface area contributed by atoms with Crippen molar-refractivity contribution in [2.24, 2.45) is 0 Å². The number of aliphatic hydroxyl groups is 1. The van der Waals surface area contributed by atoms with Gasteiger partial charge in [0.15, 0.2) is 11.8 Å². The van der Waals surface area contributed by atoms with Crippen LogP contribution in [0.5, 0.6) is 0 Å². The quantitative estimate of drug-likeness (QED) is 0.403. The Kier molecular flexibility index (Phi) is 6.58. The topological polar surface area (TPSA) is 104 Å². The summed E-state index contributed by atoms with van der Waals surface area (Å²) < 4.78 is 5.39. The minimum absolute atomic E-state index is 0.0121. The van der Waals surface area contributed by atoms with E-state index in [1.807, 2.05) is 49.4 Å². The molecular formula is C22H21N3O4. The second-order valence-electron chi connectivity index (χ2n) is 6.34. The number of aromatic nitrogens is 1. The van der Waals surface area contributed by atoms with Gasteiger partial charge >= 0.3 is 0 Å². The number of carbonyl (C=O) groups is 1. The van der Waals surface area contributed by atoms with Crippen LogP contribution in [0.15, 0.2) is 64.9 Å². The van der Waals surface area contributed by atoms with Crippen molar-refractivity contribution < 1.29 is 19.2 Å². The van der Waals surface area contributed by atoms with E-state index in [2.05, 4.69) is 15.8 Å². The van der Waals surface area contributed by atoms with Crippen molar-refractivity contribution >= 4 is 11.8 Å². The Bertz CT molecular complexity index is 1020. The molecule has 29 heavy (non-hydrogen) atoms. The molecule has 3 aromatic rings. The summed E-state index contributed by atoms with van der Waals surface area (Å²) in [5.74, 6) is 1.84. The van der Waals surface area contributed by atoms with Crippen LogP contribution in [0.25, 0.3) is 22.4 Å². The van der Waals surface area contributed by atoms with Crippen molar-refractivity contribution in [2.75, 3.05) is 13.2 Å². The van der Waals surface area contributed by atoms with Crippen LogP contribution in [-0.4, -0.2) is 35.3 Å². The van der Waals surface area contributed by atoms with Crippen LogP contribution in [0, 0.1) is 6.92 Å². The summed E-state index contributed by atoms with van der Waals surface area (Å²) in [5.41, 5.74) is 3.80. The molecule has 7 nitrogen and oxygen atoms in total. The van der Waals surface area contributed by atoms with Crippen molar-refractivity contribution in [3.63, 3.8) is 0 Å². The summed E-state index contributed by atoms with van der Waals surface area (Å²) in [7, 11) is 0. The Morgan fingerprint density at radius 2 is 1.83 bits per heavy atom. The molecule has 1 heterocycles. The van der Waals surface area contributed by atoms with Gasteiger partial charge < -0.3 is 14.9 Å². The number of benzene rings is 2. The Hall–Kier alpha value is -3.67. The molecule has 3 N–H and O–H groups in total. The van der Waals surface area contributed by atoms with Crippen molar-refractivity contribution in [1.29, 1.82) is 0 Å². The van der Waals surface area contributed by atoms with Crippen molar-refractivity contribution in [3.8, 4) is 22.4 Å². The van der Waals surface area contributed by atoms with Gasteiger partial charge in [0.05, 0.1) is 5.56 Å². The number of hydrogen-bond donors (Lipinski definition) is 3. The zero-order chi connectivity index (χ0) is 20.6. The van der Waals surface area contributed by atoms with Gasteiger partial charge in [0, 0.05) is 24.3 Å².